The minimum Gasteiger partial charge on any atom is -0.462 e. The van der Waals surface area contributed by atoms with E-state index in [0.29, 0.717) is 25.2 Å². The van der Waals surface area contributed by atoms with E-state index in [1.165, 1.54) is 0 Å². The molecule has 0 aliphatic rings. The third-order valence-electron chi connectivity index (χ3n) is 4.05. The summed E-state index contributed by atoms with van der Waals surface area (Å²) in [6, 6.07) is 13.6. The highest BCUT2D eigenvalue weighted by atomic mass is 16.6. The number of hydrogen-bond donors (Lipinski definition) is 1. The van der Waals surface area contributed by atoms with Crippen molar-refractivity contribution in [3.63, 3.8) is 0 Å². The van der Waals surface area contributed by atoms with Crippen LogP contribution in [0.15, 0.2) is 42.5 Å². The van der Waals surface area contributed by atoms with E-state index in [-0.39, 0.29) is 5.97 Å². The van der Waals surface area contributed by atoms with E-state index in [0.717, 1.165) is 28.7 Å². The van der Waals surface area contributed by atoms with Crippen molar-refractivity contribution in [2.24, 2.45) is 0 Å². The van der Waals surface area contributed by atoms with Crippen molar-refractivity contribution in [1.29, 1.82) is 0 Å². The number of esters is 1. The van der Waals surface area contributed by atoms with Crippen molar-refractivity contribution in [2.75, 3.05) is 13.2 Å². The lowest BCUT2D eigenvalue weighted by Crippen LogP contribution is -2.18. The van der Waals surface area contributed by atoms with Gasteiger partial charge in [-0.3, -0.25) is 0 Å². The standard InChI is InChI=1S/C21H26O4/c1-4-13-25-19(22)14-17-11-12-18(16-9-7-6-8-10-16)20(15(17)3)21(23)24-5-2/h6-12,19,22H,4-5,13-14H2,1-3H3/t19-/m0/s1. The molecule has 0 radical (unpaired) electrons. The van der Waals surface area contributed by atoms with Crippen LogP contribution in [0.3, 0.4) is 0 Å². The summed E-state index contributed by atoms with van der Waals surface area (Å²) in [4.78, 5) is 12.6. The Bertz CT molecular complexity index is 695. The van der Waals surface area contributed by atoms with Gasteiger partial charge in [-0.25, -0.2) is 4.79 Å². The van der Waals surface area contributed by atoms with E-state index in [9.17, 15) is 9.90 Å². The molecule has 1 N–H and O–H groups in total. The molecule has 0 amide bonds. The third kappa shape index (κ3) is 4.91. The maximum atomic E-state index is 12.6. The summed E-state index contributed by atoms with van der Waals surface area (Å²) in [7, 11) is 0. The Morgan fingerprint density at radius 2 is 1.84 bits per heavy atom. The fourth-order valence-electron chi connectivity index (χ4n) is 2.80. The van der Waals surface area contributed by atoms with Crippen LogP contribution in [0.1, 0.15) is 41.8 Å². The maximum Gasteiger partial charge on any atom is 0.339 e. The Morgan fingerprint density at radius 3 is 2.48 bits per heavy atom. The van der Waals surface area contributed by atoms with Gasteiger partial charge in [-0.1, -0.05) is 49.4 Å². The summed E-state index contributed by atoms with van der Waals surface area (Å²) in [5.74, 6) is -0.343. The van der Waals surface area contributed by atoms with E-state index in [1.807, 2.05) is 56.3 Å². The molecule has 4 heteroatoms. The lowest BCUT2D eigenvalue weighted by atomic mass is 9.91. The molecule has 0 fully saturated rings. The number of rotatable bonds is 8. The summed E-state index contributed by atoms with van der Waals surface area (Å²) in [6.07, 6.45) is 0.306. The molecule has 134 valence electrons. The van der Waals surface area contributed by atoms with Crippen molar-refractivity contribution in [3.05, 3.63) is 59.2 Å². The van der Waals surface area contributed by atoms with Gasteiger partial charge in [0.25, 0.3) is 0 Å². The average Bonchev–Trinajstić information content (AvgIpc) is 2.62. The van der Waals surface area contributed by atoms with Gasteiger partial charge in [0.1, 0.15) is 0 Å². The Morgan fingerprint density at radius 1 is 1.12 bits per heavy atom. The molecular weight excluding hydrogens is 316 g/mol. The molecule has 2 rings (SSSR count). The number of aliphatic hydroxyl groups is 1. The van der Waals surface area contributed by atoms with Gasteiger partial charge < -0.3 is 14.6 Å². The number of carbonyl (C=O) groups is 1. The molecule has 0 saturated heterocycles. The Hall–Kier alpha value is -2.17. The van der Waals surface area contributed by atoms with Gasteiger partial charge in [0.2, 0.25) is 0 Å². The van der Waals surface area contributed by atoms with E-state index in [4.69, 9.17) is 9.47 Å². The lowest BCUT2D eigenvalue weighted by molar-refractivity contribution is -0.0972. The molecule has 2 aromatic carbocycles. The molecule has 0 spiro atoms. The van der Waals surface area contributed by atoms with Crippen LogP contribution in [0.25, 0.3) is 11.1 Å². The zero-order valence-electron chi connectivity index (χ0n) is 15.1. The Balaban J connectivity index is 2.42. The first kappa shape index (κ1) is 19.2. The fourth-order valence-corrected chi connectivity index (χ4v) is 2.80. The van der Waals surface area contributed by atoms with Crippen molar-refractivity contribution in [2.45, 2.75) is 39.9 Å². The van der Waals surface area contributed by atoms with Gasteiger partial charge in [0.05, 0.1) is 12.2 Å². The lowest BCUT2D eigenvalue weighted by Gasteiger charge is -2.18. The molecule has 0 saturated carbocycles. The highest BCUT2D eigenvalue weighted by Crippen LogP contribution is 2.29. The number of hydrogen-bond acceptors (Lipinski definition) is 4. The summed E-state index contributed by atoms with van der Waals surface area (Å²) < 4.78 is 10.6. The van der Waals surface area contributed by atoms with Crippen LogP contribution < -0.4 is 0 Å². The van der Waals surface area contributed by atoms with Crippen LogP contribution in [-0.4, -0.2) is 30.6 Å². The van der Waals surface area contributed by atoms with Crippen molar-refractivity contribution < 1.29 is 19.4 Å². The number of ether oxygens (including phenoxy) is 2. The van der Waals surface area contributed by atoms with Gasteiger partial charge in [-0.05, 0) is 42.5 Å². The molecule has 2 aromatic rings. The third-order valence-corrected chi connectivity index (χ3v) is 4.05. The van der Waals surface area contributed by atoms with E-state index in [1.54, 1.807) is 6.92 Å². The van der Waals surface area contributed by atoms with Crippen molar-refractivity contribution in [1.82, 2.24) is 0 Å². The van der Waals surface area contributed by atoms with Crippen LogP contribution >= 0.6 is 0 Å². The zero-order chi connectivity index (χ0) is 18.2. The second-order valence-electron chi connectivity index (χ2n) is 5.89. The van der Waals surface area contributed by atoms with Gasteiger partial charge in [0.15, 0.2) is 6.29 Å². The summed E-state index contributed by atoms with van der Waals surface area (Å²) in [6.45, 7) is 6.50. The minimum atomic E-state index is -0.878. The molecule has 0 heterocycles. The maximum absolute atomic E-state index is 12.6. The molecular formula is C21H26O4. The number of carbonyl (C=O) groups excluding carboxylic acids is 1. The van der Waals surface area contributed by atoms with Gasteiger partial charge in [0, 0.05) is 13.0 Å². The smallest absolute Gasteiger partial charge is 0.339 e. The predicted octanol–water partition coefficient (Wildman–Crippen LogP) is 4.13. The van der Waals surface area contributed by atoms with Crippen molar-refractivity contribution >= 4 is 5.97 Å². The normalized spacial score (nSPS) is 12.0. The molecule has 0 bridgehead atoms. The highest BCUT2D eigenvalue weighted by Gasteiger charge is 2.20. The Labute approximate surface area is 149 Å². The first-order valence-electron chi connectivity index (χ1n) is 8.73. The zero-order valence-corrected chi connectivity index (χ0v) is 15.1. The van der Waals surface area contributed by atoms with Crippen LogP contribution in [-0.2, 0) is 15.9 Å². The molecule has 0 aliphatic carbocycles. The first-order chi connectivity index (χ1) is 12.1. The quantitative estimate of drug-likeness (QED) is 0.579. The number of aliphatic hydroxyl groups excluding tert-OH is 1. The van der Waals surface area contributed by atoms with Crippen LogP contribution in [0.5, 0.6) is 0 Å². The van der Waals surface area contributed by atoms with E-state index in [2.05, 4.69) is 0 Å². The molecule has 0 aromatic heterocycles. The van der Waals surface area contributed by atoms with Crippen LogP contribution in [0, 0.1) is 6.92 Å². The summed E-state index contributed by atoms with van der Waals surface area (Å²) in [5, 5.41) is 10.0. The highest BCUT2D eigenvalue weighted by molar-refractivity contribution is 5.99. The predicted molar refractivity (Wildman–Crippen MR) is 98.5 cm³/mol. The molecule has 4 nitrogen and oxygen atoms in total. The van der Waals surface area contributed by atoms with Gasteiger partial charge >= 0.3 is 5.97 Å². The number of benzene rings is 2. The summed E-state index contributed by atoms with van der Waals surface area (Å²) in [5.41, 5.74) is 4.05. The SMILES string of the molecule is CCCO[C@H](O)Cc1ccc(-c2ccccc2)c(C(=O)OCC)c1C. The monoisotopic (exact) mass is 342 g/mol. The second kappa shape index (κ2) is 9.35. The van der Waals surface area contributed by atoms with Crippen LogP contribution in [0.2, 0.25) is 0 Å². The topological polar surface area (TPSA) is 55.8 Å². The van der Waals surface area contributed by atoms with Crippen molar-refractivity contribution in [3.8, 4) is 11.1 Å². The molecule has 0 aliphatic heterocycles. The molecule has 1 atom stereocenters. The minimum absolute atomic E-state index is 0.318. The average molecular weight is 342 g/mol. The van der Waals surface area contributed by atoms with Gasteiger partial charge in [-0.15, -0.1) is 0 Å². The van der Waals surface area contributed by atoms with E-state index >= 15 is 0 Å². The summed E-state index contributed by atoms with van der Waals surface area (Å²) >= 11 is 0. The van der Waals surface area contributed by atoms with E-state index < -0.39 is 6.29 Å². The van der Waals surface area contributed by atoms with Gasteiger partial charge in [-0.2, -0.15) is 0 Å². The Kier molecular flexibility index (Phi) is 7.16. The first-order valence-corrected chi connectivity index (χ1v) is 8.73. The van der Waals surface area contributed by atoms with Crippen LogP contribution in [0.4, 0.5) is 0 Å². The fraction of sp³-hybridized carbons (Fsp3) is 0.381. The molecule has 25 heavy (non-hydrogen) atoms. The largest absolute Gasteiger partial charge is 0.462 e. The molecule has 0 unspecified atom stereocenters. The second-order valence-corrected chi connectivity index (χ2v) is 5.89.